The van der Waals surface area contributed by atoms with E-state index in [9.17, 15) is 4.79 Å². The van der Waals surface area contributed by atoms with Crippen LogP contribution in [0.5, 0.6) is 5.75 Å². The monoisotopic (exact) mass is 455 g/mol. The quantitative estimate of drug-likeness (QED) is 0.642. The normalized spacial score (nSPS) is 17.3. The second-order valence-electron chi connectivity index (χ2n) is 5.10. The van der Waals surface area contributed by atoms with Gasteiger partial charge in [-0.25, -0.2) is 0 Å². The fourth-order valence-corrected chi connectivity index (χ4v) is 4.84. The van der Waals surface area contributed by atoms with Crippen LogP contribution in [0.1, 0.15) is 21.3 Å². The third-order valence-electron chi connectivity index (χ3n) is 3.72. The van der Waals surface area contributed by atoms with Crippen molar-refractivity contribution in [2.24, 2.45) is 0 Å². The highest BCUT2D eigenvalue weighted by molar-refractivity contribution is 9.10. The predicted octanol–water partition coefficient (Wildman–Crippen LogP) is 5.11. The summed E-state index contributed by atoms with van der Waals surface area (Å²) in [6.07, 6.45) is 0. The molecule has 6 heteroatoms. The highest BCUT2D eigenvalue weighted by atomic mass is 79.9. The van der Waals surface area contributed by atoms with E-state index < -0.39 is 0 Å². The number of thioether (sulfide) groups is 1. The van der Waals surface area contributed by atoms with Crippen molar-refractivity contribution in [2.45, 2.75) is 5.37 Å². The van der Waals surface area contributed by atoms with E-state index in [4.69, 9.17) is 4.74 Å². The molecule has 1 saturated heterocycles. The van der Waals surface area contributed by atoms with E-state index in [0.29, 0.717) is 5.56 Å². The minimum Gasteiger partial charge on any atom is -0.496 e. The lowest BCUT2D eigenvalue weighted by molar-refractivity contribution is 0.0759. The van der Waals surface area contributed by atoms with E-state index in [0.717, 1.165) is 32.6 Å². The molecular weight excluding hydrogens is 442 g/mol. The average Bonchev–Trinajstić information content (AvgIpc) is 3.04. The van der Waals surface area contributed by atoms with Gasteiger partial charge in [0.25, 0.3) is 5.91 Å². The standard InChI is InChI=1S/C17H15Br2NO2S/c1-22-15-7-6-11(10-14(15)19)17-20(8-9-23-17)16(21)12-4-2-3-5-13(12)18/h2-7,10,17H,8-9H2,1H3. The van der Waals surface area contributed by atoms with E-state index in [1.54, 1.807) is 18.9 Å². The maximum absolute atomic E-state index is 12.9. The van der Waals surface area contributed by atoms with Crippen LogP contribution in [-0.4, -0.2) is 30.2 Å². The molecule has 3 rings (SSSR count). The van der Waals surface area contributed by atoms with Crippen molar-refractivity contribution in [3.63, 3.8) is 0 Å². The van der Waals surface area contributed by atoms with Gasteiger partial charge in [-0.15, -0.1) is 11.8 Å². The van der Waals surface area contributed by atoms with Crippen LogP contribution in [0.15, 0.2) is 51.4 Å². The smallest absolute Gasteiger partial charge is 0.256 e. The molecule has 1 amide bonds. The molecule has 0 aromatic heterocycles. The third kappa shape index (κ3) is 3.44. The number of hydrogen-bond donors (Lipinski definition) is 0. The van der Waals surface area contributed by atoms with Crippen molar-refractivity contribution in [1.82, 2.24) is 4.90 Å². The van der Waals surface area contributed by atoms with Gasteiger partial charge in [0, 0.05) is 16.8 Å². The molecule has 23 heavy (non-hydrogen) atoms. The summed E-state index contributed by atoms with van der Waals surface area (Å²) in [5, 5.41) is 0.0248. The van der Waals surface area contributed by atoms with Crippen LogP contribution in [0.3, 0.4) is 0 Å². The van der Waals surface area contributed by atoms with Crippen LogP contribution in [0.2, 0.25) is 0 Å². The Labute approximate surface area is 156 Å². The Kier molecular flexibility index (Phi) is 5.34. The van der Waals surface area contributed by atoms with E-state index in [-0.39, 0.29) is 11.3 Å². The number of carbonyl (C=O) groups excluding carboxylic acids is 1. The molecule has 0 N–H and O–H groups in total. The zero-order valence-electron chi connectivity index (χ0n) is 12.5. The highest BCUT2D eigenvalue weighted by Crippen LogP contribution is 2.41. The third-order valence-corrected chi connectivity index (χ3v) is 6.29. The summed E-state index contributed by atoms with van der Waals surface area (Å²) in [5.41, 5.74) is 1.80. The van der Waals surface area contributed by atoms with Crippen molar-refractivity contribution in [3.8, 4) is 5.75 Å². The highest BCUT2D eigenvalue weighted by Gasteiger charge is 2.32. The number of rotatable bonds is 3. The lowest BCUT2D eigenvalue weighted by atomic mass is 10.1. The molecule has 0 saturated carbocycles. The molecule has 2 aromatic carbocycles. The van der Waals surface area contributed by atoms with Crippen LogP contribution >= 0.6 is 43.6 Å². The molecule has 1 heterocycles. The van der Waals surface area contributed by atoms with Gasteiger partial charge in [0.15, 0.2) is 0 Å². The molecule has 1 unspecified atom stereocenters. The minimum absolute atomic E-state index is 0.0248. The largest absolute Gasteiger partial charge is 0.496 e. The Balaban J connectivity index is 1.90. The number of benzene rings is 2. The predicted molar refractivity (Wildman–Crippen MR) is 101 cm³/mol. The topological polar surface area (TPSA) is 29.5 Å². The molecule has 1 atom stereocenters. The van der Waals surface area contributed by atoms with Crippen molar-refractivity contribution < 1.29 is 9.53 Å². The zero-order chi connectivity index (χ0) is 16.4. The summed E-state index contributed by atoms with van der Waals surface area (Å²) in [4.78, 5) is 14.8. The number of hydrogen-bond acceptors (Lipinski definition) is 3. The van der Waals surface area contributed by atoms with E-state index in [1.807, 2.05) is 47.4 Å². The van der Waals surface area contributed by atoms with Crippen LogP contribution in [0, 0.1) is 0 Å². The summed E-state index contributed by atoms with van der Waals surface area (Å²) in [7, 11) is 1.65. The van der Waals surface area contributed by atoms with Gasteiger partial charge in [-0.3, -0.25) is 4.79 Å². The van der Waals surface area contributed by atoms with Gasteiger partial charge < -0.3 is 9.64 Å². The first-order valence-electron chi connectivity index (χ1n) is 7.12. The molecule has 1 fully saturated rings. The number of methoxy groups -OCH3 is 1. The van der Waals surface area contributed by atoms with Gasteiger partial charge in [-0.05, 0) is 61.7 Å². The molecule has 2 aromatic rings. The van der Waals surface area contributed by atoms with E-state index in [1.165, 1.54) is 0 Å². The van der Waals surface area contributed by atoms with Gasteiger partial charge in [0.1, 0.15) is 11.1 Å². The van der Waals surface area contributed by atoms with Crippen LogP contribution in [0.4, 0.5) is 0 Å². The fourth-order valence-electron chi connectivity index (χ4n) is 2.58. The van der Waals surface area contributed by atoms with Crippen LogP contribution < -0.4 is 4.74 Å². The van der Waals surface area contributed by atoms with Crippen molar-refractivity contribution in [3.05, 3.63) is 62.5 Å². The van der Waals surface area contributed by atoms with Gasteiger partial charge in [0.05, 0.1) is 17.1 Å². The molecule has 120 valence electrons. The van der Waals surface area contributed by atoms with Crippen LogP contribution in [0.25, 0.3) is 0 Å². The Morgan fingerprint density at radius 2 is 2.00 bits per heavy atom. The average molecular weight is 457 g/mol. The van der Waals surface area contributed by atoms with E-state index in [2.05, 4.69) is 31.9 Å². The van der Waals surface area contributed by atoms with Gasteiger partial charge in [0.2, 0.25) is 0 Å². The SMILES string of the molecule is COc1ccc(C2SCCN2C(=O)c2ccccc2Br)cc1Br. The fraction of sp³-hybridized carbons (Fsp3) is 0.235. The first-order valence-corrected chi connectivity index (χ1v) is 9.76. The maximum atomic E-state index is 12.9. The Bertz CT molecular complexity index is 738. The lowest BCUT2D eigenvalue weighted by Crippen LogP contribution is -2.30. The lowest BCUT2D eigenvalue weighted by Gasteiger charge is -2.25. The molecular formula is C17H15Br2NO2S. The number of ether oxygens (including phenoxy) is 1. The molecule has 0 spiro atoms. The van der Waals surface area contributed by atoms with Crippen molar-refractivity contribution >= 4 is 49.5 Å². The second-order valence-corrected chi connectivity index (χ2v) is 7.99. The maximum Gasteiger partial charge on any atom is 0.256 e. The summed E-state index contributed by atoms with van der Waals surface area (Å²) in [6.45, 7) is 0.749. The Hall–Kier alpha value is -0.980. The summed E-state index contributed by atoms with van der Waals surface area (Å²) < 4.78 is 7.01. The van der Waals surface area contributed by atoms with Crippen molar-refractivity contribution in [2.75, 3.05) is 19.4 Å². The molecule has 1 aliphatic heterocycles. The molecule has 1 aliphatic rings. The van der Waals surface area contributed by atoms with Gasteiger partial charge in [-0.1, -0.05) is 18.2 Å². The van der Waals surface area contributed by atoms with Gasteiger partial charge in [-0.2, -0.15) is 0 Å². The van der Waals surface area contributed by atoms with Crippen molar-refractivity contribution in [1.29, 1.82) is 0 Å². The Morgan fingerprint density at radius 1 is 1.22 bits per heavy atom. The summed E-state index contributed by atoms with van der Waals surface area (Å²) in [5.74, 6) is 1.78. The number of carbonyl (C=O) groups is 1. The first-order chi connectivity index (χ1) is 11.1. The van der Waals surface area contributed by atoms with Gasteiger partial charge >= 0.3 is 0 Å². The molecule has 0 bridgehead atoms. The number of amides is 1. The first kappa shape index (κ1) is 16.9. The Morgan fingerprint density at radius 3 is 2.70 bits per heavy atom. The van der Waals surface area contributed by atoms with Crippen LogP contribution in [-0.2, 0) is 0 Å². The zero-order valence-corrected chi connectivity index (χ0v) is 16.4. The summed E-state index contributed by atoms with van der Waals surface area (Å²) >= 11 is 8.78. The molecule has 3 nitrogen and oxygen atoms in total. The number of nitrogens with zero attached hydrogens (tertiary/aromatic N) is 1. The van der Waals surface area contributed by atoms with E-state index >= 15 is 0 Å². The minimum atomic E-state index is 0.0248. The molecule has 0 aliphatic carbocycles. The molecule has 0 radical (unpaired) electrons. The summed E-state index contributed by atoms with van der Waals surface area (Å²) in [6, 6.07) is 13.5. The second kappa shape index (κ2) is 7.28. The number of halogens is 2.